The van der Waals surface area contributed by atoms with Crippen LogP contribution in [0, 0.1) is 13.8 Å². The lowest BCUT2D eigenvalue weighted by Gasteiger charge is -2.20. The van der Waals surface area contributed by atoms with Gasteiger partial charge in [-0.25, -0.2) is 9.67 Å². The summed E-state index contributed by atoms with van der Waals surface area (Å²) < 4.78 is 2.73. The summed E-state index contributed by atoms with van der Waals surface area (Å²) in [5, 5.41) is 5.29. The molecule has 0 bridgehead atoms. The third-order valence-corrected chi connectivity index (χ3v) is 5.17. The Balaban J connectivity index is 1.87. The first-order valence-corrected chi connectivity index (χ1v) is 9.80. The quantitative estimate of drug-likeness (QED) is 0.559. The lowest BCUT2D eigenvalue weighted by atomic mass is 10.1. The summed E-state index contributed by atoms with van der Waals surface area (Å²) in [4.78, 5) is 19.0. The average molecular weight is 448 g/mol. The van der Waals surface area contributed by atoms with Crippen LogP contribution in [0.25, 0.3) is 5.69 Å². The Morgan fingerprint density at radius 3 is 2.48 bits per heavy atom. The van der Waals surface area contributed by atoms with E-state index in [0.717, 1.165) is 27.1 Å². The number of rotatable bonds is 5. The molecular weight excluding hydrogens is 428 g/mol. The Morgan fingerprint density at radius 1 is 1.19 bits per heavy atom. The number of carbonyl (C=O) groups excluding carboxylic acids is 1. The van der Waals surface area contributed by atoms with Crippen molar-refractivity contribution in [1.29, 1.82) is 0 Å². The summed E-state index contributed by atoms with van der Waals surface area (Å²) in [6, 6.07) is 11.2. The van der Waals surface area contributed by atoms with Gasteiger partial charge in [0.25, 0.3) is 0 Å². The minimum Gasteiger partial charge on any atom is -0.297 e. The molecular formula is C20H20BrClN4O. The largest absolute Gasteiger partial charge is 0.297 e. The van der Waals surface area contributed by atoms with Crippen molar-refractivity contribution in [2.45, 2.75) is 27.2 Å². The number of likely N-dealkylation sites (N-methyl/N-ethyl adjacent to an activating group) is 1. The maximum absolute atomic E-state index is 12.9. The molecule has 0 fully saturated rings. The molecule has 3 rings (SSSR count). The van der Waals surface area contributed by atoms with Crippen LogP contribution in [0.4, 0.5) is 5.82 Å². The molecule has 0 aliphatic carbocycles. The first kappa shape index (κ1) is 19.6. The Kier molecular flexibility index (Phi) is 5.97. The minimum absolute atomic E-state index is 0.00539. The second-order valence-electron chi connectivity index (χ2n) is 6.19. The highest BCUT2D eigenvalue weighted by atomic mass is 79.9. The number of hydrogen-bond donors (Lipinski definition) is 0. The molecule has 0 atom stereocenters. The third-order valence-electron chi connectivity index (χ3n) is 4.45. The standard InChI is InChI=1S/C20H20BrClN4O/c1-4-25(19-10-5-15(21)12-23-19)20(27)11-18-13(2)24-26(14(18)3)17-8-6-16(22)7-9-17/h5-10,12H,4,11H2,1-3H3. The van der Waals surface area contributed by atoms with Gasteiger partial charge < -0.3 is 0 Å². The maximum atomic E-state index is 12.9. The Hall–Kier alpha value is -2.18. The summed E-state index contributed by atoms with van der Waals surface area (Å²) in [5.74, 6) is 0.639. The first-order chi connectivity index (χ1) is 12.9. The number of carbonyl (C=O) groups is 1. The van der Waals surface area contributed by atoms with E-state index in [1.54, 1.807) is 11.1 Å². The van der Waals surface area contributed by atoms with Crippen LogP contribution in [0.15, 0.2) is 47.1 Å². The Morgan fingerprint density at radius 2 is 1.89 bits per heavy atom. The van der Waals surface area contributed by atoms with Crippen molar-refractivity contribution in [2.75, 3.05) is 11.4 Å². The van der Waals surface area contributed by atoms with Gasteiger partial charge in [-0.3, -0.25) is 9.69 Å². The average Bonchev–Trinajstić information content (AvgIpc) is 2.93. The van der Waals surface area contributed by atoms with Crippen LogP contribution in [0.2, 0.25) is 5.02 Å². The second-order valence-corrected chi connectivity index (χ2v) is 7.54. The van der Waals surface area contributed by atoms with Gasteiger partial charge in [-0.15, -0.1) is 0 Å². The molecule has 3 aromatic rings. The Bertz CT molecular complexity index is 951. The predicted octanol–water partition coefficient (Wildman–Crippen LogP) is 4.90. The van der Waals surface area contributed by atoms with Crippen LogP contribution in [-0.2, 0) is 11.2 Å². The molecule has 0 saturated heterocycles. The van der Waals surface area contributed by atoms with Crippen molar-refractivity contribution in [3.05, 3.63) is 69.0 Å². The fourth-order valence-electron chi connectivity index (χ4n) is 3.00. The number of benzene rings is 1. The first-order valence-electron chi connectivity index (χ1n) is 8.63. The van der Waals surface area contributed by atoms with Gasteiger partial charge in [0.1, 0.15) is 5.82 Å². The number of pyridine rings is 1. The van der Waals surface area contributed by atoms with Crippen molar-refractivity contribution in [3.63, 3.8) is 0 Å². The highest BCUT2D eigenvalue weighted by Crippen LogP contribution is 2.22. The molecule has 0 aliphatic rings. The van der Waals surface area contributed by atoms with E-state index in [1.165, 1.54) is 0 Å². The number of nitrogens with zero attached hydrogens (tertiary/aromatic N) is 4. The summed E-state index contributed by atoms with van der Waals surface area (Å²) in [7, 11) is 0. The molecule has 0 spiro atoms. The zero-order valence-electron chi connectivity index (χ0n) is 15.4. The van der Waals surface area contributed by atoms with E-state index in [-0.39, 0.29) is 12.3 Å². The molecule has 0 aliphatic heterocycles. The number of halogens is 2. The van der Waals surface area contributed by atoms with Crippen LogP contribution in [0.5, 0.6) is 0 Å². The summed E-state index contributed by atoms with van der Waals surface area (Å²) in [6.07, 6.45) is 1.97. The van der Waals surface area contributed by atoms with E-state index in [9.17, 15) is 4.79 Å². The van der Waals surface area contributed by atoms with E-state index in [0.29, 0.717) is 17.4 Å². The molecule has 27 heavy (non-hydrogen) atoms. The Labute approximate surface area is 172 Å². The van der Waals surface area contributed by atoms with Gasteiger partial charge in [0.2, 0.25) is 5.91 Å². The summed E-state index contributed by atoms with van der Waals surface area (Å²) >= 11 is 9.34. The number of amides is 1. The summed E-state index contributed by atoms with van der Waals surface area (Å²) in [5.41, 5.74) is 3.64. The molecule has 2 aromatic heterocycles. The molecule has 1 amide bonds. The smallest absolute Gasteiger partial charge is 0.232 e. The monoisotopic (exact) mass is 446 g/mol. The molecule has 5 nitrogen and oxygen atoms in total. The van der Waals surface area contributed by atoms with Crippen molar-refractivity contribution < 1.29 is 4.79 Å². The van der Waals surface area contributed by atoms with E-state index in [4.69, 9.17) is 11.6 Å². The van der Waals surface area contributed by atoms with Gasteiger partial charge in [0.15, 0.2) is 0 Å². The lowest BCUT2D eigenvalue weighted by molar-refractivity contribution is -0.118. The van der Waals surface area contributed by atoms with Gasteiger partial charge in [0, 0.05) is 33.5 Å². The normalized spacial score (nSPS) is 10.9. The third kappa shape index (κ3) is 4.22. The molecule has 2 heterocycles. The minimum atomic E-state index is -0.00539. The zero-order valence-corrected chi connectivity index (χ0v) is 17.8. The van der Waals surface area contributed by atoms with E-state index in [1.807, 2.05) is 61.9 Å². The highest BCUT2D eigenvalue weighted by molar-refractivity contribution is 9.10. The highest BCUT2D eigenvalue weighted by Gasteiger charge is 2.21. The molecule has 7 heteroatoms. The zero-order chi connectivity index (χ0) is 19.6. The van der Waals surface area contributed by atoms with Crippen molar-refractivity contribution in [1.82, 2.24) is 14.8 Å². The van der Waals surface area contributed by atoms with Crippen LogP contribution in [0.1, 0.15) is 23.9 Å². The van der Waals surface area contributed by atoms with Gasteiger partial charge in [0.05, 0.1) is 17.8 Å². The van der Waals surface area contributed by atoms with Gasteiger partial charge >= 0.3 is 0 Å². The number of anilines is 1. The number of hydrogen-bond acceptors (Lipinski definition) is 3. The van der Waals surface area contributed by atoms with E-state index in [2.05, 4.69) is 26.0 Å². The SMILES string of the molecule is CCN(C(=O)Cc1c(C)nn(-c2ccc(Cl)cc2)c1C)c1ccc(Br)cn1. The van der Waals surface area contributed by atoms with Gasteiger partial charge in [-0.1, -0.05) is 11.6 Å². The van der Waals surface area contributed by atoms with E-state index < -0.39 is 0 Å². The predicted molar refractivity (Wildman–Crippen MR) is 112 cm³/mol. The van der Waals surface area contributed by atoms with Crippen LogP contribution >= 0.6 is 27.5 Å². The molecule has 1 aromatic carbocycles. The summed E-state index contributed by atoms with van der Waals surface area (Å²) in [6.45, 7) is 6.40. The lowest BCUT2D eigenvalue weighted by Crippen LogP contribution is -2.32. The van der Waals surface area contributed by atoms with Gasteiger partial charge in [-0.2, -0.15) is 5.10 Å². The van der Waals surface area contributed by atoms with E-state index >= 15 is 0 Å². The topological polar surface area (TPSA) is 51.0 Å². The fourth-order valence-corrected chi connectivity index (χ4v) is 3.37. The number of aromatic nitrogens is 3. The van der Waals surface area contributed by atoms with Crippen LogP contribution in [-0.4, -0.2) is 27.2 Å². The van der Waals surface area contributed by atoms with Crippen molar-refractivity contribution in [2.24, 2.45) is 0 Å². The molecule has 0 N–H and O–H groups in total. The molecule has 140 valence electrons. The van der Waals surface area contributed by atoms with Crippen LogP contribution < -0.4 is 4.90 Å². The second kappa shape index (κ2) is 8.23. The van der Waals surface area contributed by atoms with Crippen molar-refractivity contribution in [3.8, 4) is 5.69 Å². The number of aryl methyl sites for hydroxylation is 1. The molecule has 0 saturated carbocycles. The van der Waals surface area contributed by atoms with Crippen LogP contribution in [0.3, 0.4) is 0 Å². The molecule has 0 unspecified atom stereocenters. The fraction of sp³-hybridized carbons (Fsp3) is 0.250. The maximum Gasteiger partial charge on any atom is 0.232 e. The molecule has 0 radical (unpaired) electrons. The van der Waals surface area contributed by atoms with Crippen molar-refractivity contribution >= 4 is 39.3 Å². The van der Waals surface area contributed by atoms with Gasteiger partial charge in [-0.05, 0) is 73.1 Å².